The van der Waals surface area contributed by atoms with E-state index in [-0.39, 0.29) is 24.5 Å². The van der Waals surface area contributed by atoms with Crippen molar-refractivity contribution in [2.75, 3.05) is 13.2 Å². The number of rotatable bonds is 6. The van der Waals surface area contributed by atoms with Crippen molar-refractivity contribution in [2.24, 2.45) is 11.7 Å². The zero-order valence-corrected chi connectivity index (χ0v) is 10.1. The van der Waals surface area contributed by atoms with Gasteiger partial charge >= 0.3 is 0 Å². The van der Waals surface area contributed by atoms with Gasteiger partial charge in [0, 0.05) is 12.5 Å². The fraction of sp³-hybridized carbons (Fsp3) is 0.462. The van der Waals surface area contributed by atoms with Crippen LogP contribution in [0.2, 0.25) is 0 Å². The fourth-order valence-electron chi connectivity index (χ4n) is 1.67. The molecule has 1 rings (SSSR count). The summed E-state index contributed by atoms with van der Waals surface area (Å²) in [6.45, 7) is 2.14. The van der Waals surface area contributed by atoms with Gasteiger partial charge in [0.1, 0.15) is 0 Å². The maximum atomic E-state index is 11.8. The molecule has 1 unspecified atom stereocenters. The van der Waals surface area contributed by atoms with Crippen molar-refractivity contribution >= 4 is 5.91 Å². The minimum absolute atomic E-state index is 0.0992. The molecule has 0 spiro atoms. The second-order valence-electron chi connectivity index (χ2n) is 4.00. The third kappa shape index (κ3) is 3.84. The topological polar surface area (TPSA) is 75.4 Å². The molecule has 0 saturated carbocycles. The first-order valence-corrected chi connectivity index (χ1v) is 5.89. The van der Waals surface area contributed by atoms with Crippen molar-refractivity contribution < 1.29 is 9.90 Å². The standard InChI is InChI=1S/C13H20N2O2/c1-2-10(8-14)13(17)15-12(9-16)11-6-4-3-5-7-11/h3-7,10,12,16H,2,8-9,14H2,1H3,(H,15,17)/t10?,12-/m1/s1. The molecule has 0 bridgehead atoms. The predicted octanol–water partition coefficient (Wildman–Crippen LogP) is 0.821. The van der Waals surface area contributed by atoms with Crippen molar-refractivity contribution in [3.8, 4) is 0 Å². The predicted molar refractivity (Wildman–Crippen MR) is 67.2 cm³/mol. The van der Waals surface area contributed by atoms with Gasteiger partial charge in [-0.3, -0.25) is 4.79 Å². The molecular formula is C13H20N2O2. The highest BCUT2D eigenvalue weighted by molar-refractivity contribution is 5.79. The van der Waals surface area contributed by atoms with Crippen LogP contribution in [0.15, 0.2) is 30.3 Å². The number of hydrogen-bond acceptors (Lipinski definition) is 3. The van der Waals surface area contributed by atoms with E-state index in [2.05, 4.69) is 5.32 Å². The van der Waals surface area contributed by atoms with E-state index in [0.717, 1.165) is 5.56 Å². The minimum atomic E-state index is -0.357. The smallest absolute Gasteiger partial charge is 0.224 e. The molecule has 0 heterocycles. The molecule has 94 valence electrons. The molecule has 4 N–H and O–H groups in total. The van der Waals surface area contributed by atoms with E-state index >= 15 is 0 Å². The van der Waals surface area contributed by atoms with Gasteiger partial charge in [0.2, 0.25) is 5.91 Å². The lowest BCUT2D eigenvalue weighted by molar-refractivity contribution is -0.125. The van der Waals surface area contributed by atoms with Crippen LogP contribution in [-0.2, 0) is 4.79 Å². The third-order valence-corrected chi connectivity index (χ3v) is 2.85. The van der Waals surface area contributed by atoms with Gasteiger partial charge in [0.25, 0.3) is 0 Å². The van der Waals surface area contributed by atoms with Crippen LogP contribution in [0.5, 0.6) is 0 Å². The number of nitrogens with two attached hydrogens (primary N) is 1. The average molecular weight is 236 g/mol. The van der Waals surface area contributed by atoms with Gasteiger partial charge in [-0.25, -0.2) is 0 Å². The molecule has 0 aliphatic heterocycles. The number of carbonyl (C=O) groups excluding carboxylic acids is 1. The Labute approximate surface area is 102 Å². The second kappa shape index (κ2) is 7.04. The Bertz CT molecular complexity index is 337. The normalized spacial score (nSPS) is 14.1. The molecule has 0 aliphatic carbocycles. The minimum Gasteiger partial charge on any atom is -0.394 e. The van der Waals surface area contributed by atoms with E-state index in [4.69, 9.17) is 5.73 Å². The fourth-order valence-corrected chi connectivity index (χ4v) is 1.67. The Kier molecular flexibility index (Phi) is 5.66. The quantitative estimate of drug-likeness (QED) is 0.684. The van der Waals surface area contributed by atoms with E-state index in [0.29, 0.717) is 13.0 Å². The SMILES string of the molecule is CCC(CN)C(=O)N[C@H](CO)c1ccccc1. The summed E-state index contributed by atoms with van der Waals surface area (Å²) < 4.78 is 0. The molecule has 1 aromatic rings. The molecule has 17 heavy (non-hydrogen) atoms. The summed E-state index contributed by atoms with van der Waals surface area (Å²) in [6.07, 6.45) is 0.704. The van der Waals surface area contributed by atoms with Crippen LogP contribution in [0.25, 0.3) is 0 Å². The molecule has 2 atom stereocenters. The molecule has 0 aliphatic rings. The van der Waals surface area contributed by atoms with Gasteiger partial charge in [-0.05, 0) is 12.0 Å². The lowest BCUT2D eigenvalue weighted by Crippen LogP contribution is -2.38. The number of aliphatic hydroxyl groups is 1. The largest absolute Gasteiger partial charge is 0.394 e. The van der Waals surface area contributed by atoms with Crippen LogP contribution >= 0.6 is 0 Å². The maximum Gasteiger partial charge on any atom is 0.224 e. The van der Waals surface area contributed by atoms with Gasteiger partial charge in [-0.15, -0.1) is 0 Å². The first-order valence-electron chi connectivity index (χ1n) is 5.89. The van der Waals surface area contributed by atoms with Crippen LogP contribution in [0, 0.1) is 5.92 Å². The van der Waals surface area contributed by atoms with Gasteiger partial charge in [0.05, 0.1) is 12.6 Å². The van der Waals surface area contributed by atoms with E-state index in [1.165, 1.54) is 0 Å². The lowest BCUT2D eigenvalue weighted by Gasteiger charge is -2.20. The Balaban J connectivity index is 2.68. The van der Waals surface area contributed by atoms with E-state index in [1.807, 2.05) is 37.3 Å². The second-order valence-corrected chi connectivity index (χ2v) is 4.00. The Morgan fingerprint density at radius 1 is 1.41 bits per heavy atom. The van der Waals surface area contributed by atoms with Crippen molar-refractivity contribution in [1.82, 2.24) is 5.32 Å². The van der Waals surface area contributed by atoms with E-state index in [9.17, 15) is 9.90 Å². The zero-order valence-electron chi connectivity index (χ0n) is 10.1. The summed E-state index contributed by atoms with van der Waals surface area (Å²) in [5, 5.41) is 12.1. The number of hydrogen-bond donors (Lipinski definition) is 3. The lowest BCUT2D eigenvalue weighted by atomic mass is 10.0. The van der Waals surface area contributed by atoms with Gasteiger partial charge in [-0.1, -0.05) is 37.3 Å². The highest BCUT2D eigenvalue weighted by atomic mass is 16.3. The van der Waals surface area contributed by atoms with Gasteiger partial charge < -0.3 is 16.2 Å². The maximum absolute atomic E-state index is 11.8. The molecule has 0 radical (unpaired) electrons. The molecule has 0 fully saturated rings. The first kappa shape index (κ1) is 13.7. The highest BCUT2D eigenvalue weighted by Crippen LogP contribution is 2.13. The van der Waals surface area contributed by atoms with Crippen LogP contribution < -0.4 is 11.1 Å². The molecular weight excluding hydrogens is 216 g/mol. The van der Waals surface area contributed by atoms with Gasteiger partial charge in [0.15, 0.2) is 0 Å². The van der Waals surface area contributed by atoms with E-state index < -0.39 is 0 Å². The Morgan fingerprint density at radius 3 is 2.53 bits per heavy atom. The van der Waals surface area contributed by atoms with Crippen LogP contribution in [0.1, 0.15) is 24.9 Å². The summed E-state index contributed by atoms with van der Waals surface area (Å²) in [5.74, 6) is -0.286. The molecule has 1 amide bonds. The molecule has 4 heteroatoms. The van der Waals surface area contributed by atoms with Crippen LogP contribution in [0.3, 0.4) is 0 Å². The summed E-state index contributed by atoms with van der Waals surface area (Å²) in [6, 6.07) is 9.06. The summed E-state index contributed by atoms with van der Waals surface area (Å²) >= 11 is 0. The average Bonchev–Trinajstić information content (AvgIpc) is 2.38. The van der Waals surface area contributed by atoms with Crippen LogP contribution in [0.4, 0.5) is 0 Å². The number of amides is 1. The van der Waals surface area contributed by atoms with Gasteiger partial charge in [-0.2, -0.15) is 0 Å². The number of aliphatic hydroxyl groups excluding tert-OH is 1. The Morgan fingerprint density at radius 2 is 2.06 bits per heavy atom. The number of carbonyl (C=O) groups is 1. The monoisotopic (exact) mass is 236 g/mol. The number of benzene rings is 1. The first-order chi connectivity index (χ1) is 8.22. The molecule has 4 nitrogen and oxygen atoms in total. The summed E-state index contributed by atoms with van der Waals surface area (Å²) in [7, 11) is 0. The molecule has 0 aromatic heterocycles. The van der Waals surface area contributed by atoms with Crippen molar-refractivity contribution in [1.29, 1.82) is 0 Å². The van der Waals surface area contributed by atoms with Crippen molar-refractivity contribution in [3.63, 3.8) is 0 Å². The van der Waals surface area contributed by atoms with E-state index in [1.54, 1.807) is 0 Å². The zero-order chi connectivity index (χ0) is 12.7. The van der Waals surface area contributed by atoms with Crippen molar-refractivity contribution in [2.45, 2.75) is 19.4 Å². The third-order valence-electron chi connectivity index (χ3n) is 2.85. The number of nitrogens with one attached hydrogen (secondary N) is 1. The highest BCUT2D eigenvalue weighted by Gasteiger charge is 2.19. The summed E-state index contributed by atoms with van der Waals surface area (Å²) in [4.78, 5) is 11.8. The molecule has 0 saturated heterocycles. The van der Waals surface area contributed by atoms with Crippen LogP contribution in [-0.4, -0.2) is 24.2 Å². The summed E-state index contributed by atoms with van der Waals surface area (Å²) in [5.41, 5.74) is 6.42. The molecule has 1 aromatic carbocycles. The Hall–Kier alpha value is -1.39. The van der Waals surface area contributed by atoms with Crippen molar-refractivity contribution in [3.05, 3.63) is 35.9 Å².